The molecule has 0 unspecified atom stereocenters. The minimum absolute atomic E-state index is 0.303. The standard InChI is InChI=1S/C23H31ClN4O3/c1-4-6-13-31-22-19(24)14-17(15-20(22)30-5-2)23(29)26-21-8-7-18(16-25-21)28-11-9-27(3)10-12-28/h7-8,14-16H,4-6,9-13H2,1-3H3,(H,25,26,29). The lowest BCUT2D eigenvalue weighted by atomic mass is 10.2. The first-order valence-corrected chi connectivity index (χ1v) is 11.2. The van der Waals surface area contributed by atoms with Crippen molar-refractivity contribution in [2.45, 2.75) is 26.7 Å². The van der Waals surface area contributed by atoms with E-state index in [0.29, 0.717) is 41.1 Å². The molecule has 1 saturated heterocycles. The summed E-state index contributed by atoms with van der Waals surface area (Å²) in [6.07, 6.45) is 3.73. The van der Waals surface area contributed by atoms with Gasteiger partial charge in [0.1, 0.15) is 5.82 Å². The summed E-state index contributed by atoms with van der Waals surface area (Å²) in [7, 11) is 2.13. The van der Waals surface area contributed by atoms with Crippen LogP contribution in [-0.2, 0) is 0 Å². The maximum absolute atomic E-state index is 12.8. The van der Waals surface area contributed by atoms with Gasteiger partial charge in [-0.25, -0.2) is 4.98 Å². The van der Waals surface area contributed by atoms with Gasteiger partial charge in [0.2, 0.25) is 0 Å². The lowest BCUT2D eigenvalue weighted by Gasteiger charge is -2.33. The van der Waals surface area contributed by atoms with Crippen LogP contribution in [0.1, 0.15) is 37.0 Å². The summed E-state index contributed by atoms with van der Waals surface area (Å²) in [5, 5.41) is 3.18. The average molecular weight is 447 g/mol. The number of anilines is 2. The number of benzene rings is 1. The van der Waals surface area contributed by atoms with E-state index in [4.69, 9.17) is 21.1 Å². The molecule has 0 atom stereocenters. The van der Waals surface area contributed by atoms with E-state index < -0.39 is 0 Å². The van der Waals surface area contributed by atoms with Crippen LogP contribution in [-0.4, -0.2) is 62.2 Å². The van der Waals surface area contributed by atoms with Crippen LogP contribution in [0.15, 0.2) is 30.5 Å². The summed E-state index contributed by atoms with van der Waals surface area (Å²) in [6, 6.07) is 7.06. The Labute approximate surface area is 189 Å². The zero-order valence-electron chi connectivity index (χ0n) is 18.5. The SMILES string of the molecule is CCCCOc1c(Cl)cc(C(=O)Nc2ccc(N3CCN(C)CC3)cn2)cc1OCC. The highest BCUT2D eigenvalue weighted by Gasteiger charge is 2.18. The van der Waals surface area contributed by atoms with Crippen LogP contribution in [0.3, 0.4) is 0 Å². The minimum Gasteiger partial charge on any atom is -0.490 e. The Hall–Kier alpha value is -2.51. The fourth-order valence-corrected chi connectivity index (χ4v) is 3.59. The van der Waals surface area contributed by atoms with Crippen LogP contribution in [0.5, 0.6) is 11.5 Å². The predicted octanol–water partition coefficient (Wildman–Crippen LogP) is 4.32. The number of hydrogen-bond acceptors (Lipinski definition) is 6. The molecule has 0 aliphatic carbocycles. The number of pyridine rings is 1. The molecule has 1 aromatic carbocycles. The van der Waals surface area contributed by atoms with Gasteiger partial charge < -0.3 is 24.6 Å². The van der Waals surface area contributed by atoms with Crippen LogP contribution in [0.25, 0.3) is 0 Å². The Morgan fingerprint density at radius 1 is 1.16 bits per heavy atom. The molecule has 1 aliphatic heterocycles. The van der Waals surface area contributed by atoms with Gasteiger partial charge in [0.15, 0.2) is 11.5 Å². The lowest BCUT2D eigenvalue weighted by Crippen LogP contribution is -2.44. The number of halogens is 1. The first-order chi connectivity index (χ1) is 15.0. The van der Waals surface area contributed by atoms with E-state index in [1.165, 1.54) is 0 Å². The number of aromatic nitrogens is 1. The van der Waals surface area contributed by atoms with Gasteiger partial charge in [-0.1, -0.05) is 24.9 Å². The van der Waals surface area contributed by atoms with Crippen LogP contribution in [0.2, 0.25) is 5.02 Å². The highest BCUT2D eigenvalue weighted by molar-refractivity contribution is 6.32. The van der Waals surface area contributed by atoms with Crippen molar-refractivity contribution >= 4 is 29.0 Å². The van der Waals surface area contributed by atoms with Crippen molar-refractivity contribution < 1.29 is 14.3 Å². The van der Waals surface area contributed by atoms with E-state index in [0.717, 1.165) is 44.7 Å². The highest BCUT2D eigenvalue weighted by Crippen LogP contribution is 2.37. The van der Waals surface area contributed by atoms with Gasteiger partial charge in [0.05, 0.1) is 30.1 Å². The maximum Gasteiger partial charge on any atom is 0.257 e. The predicted molar refractivity (Wildman–Crippen MR) is 125 cm³/mol. The maximum atomic E-state index is 12.8. The normalized spacial score (nSPS) is 14.4. The molecule has 3 rings (SSSR count). The van der Waals surface area contributed by atoms with Crippen LogP contribution < -0.4 is 19.7 Å². The van der Waals surface area contributed by atoms with Crippen LogP contribution in [0, 0.1) is 0 Å². The number of nitrogens with zero attached hydrogens (tertiary/aromatic N) is 3. The molecule has 2 heterocycles. The molecule has 7 nitrogen and oxygen atoms in total. The van der Waals surface area contributed by atoms with Crippen molar-refractivity contribution in [3.8, 4) is 11.5 Å². The number of rotatable bonds is 9. The quantitative estimate of drug-likeness (QED) is 0.579. The van der Waals surface area contributed by atoms with Gasteiger partial charge >= 0.3 is 0 Å². The zero-order valence-corrected chi connectivity index (χ0v) is 19.2. The number of piperazine rings is 1. The molecule has 1 aliphatic rings. The number of ether oxygens (including phenoxy) is 2. The van der Waals surface area contributed by atoms with Crippen molar-refractivity contribution in [3.63, 3.8) is 0 Å². The Morgan fingerprint density at radius 3 is 2.58 bits per heavy atom. The largest absolute Gasteiger partial charge is 0.490 e. The van der Waals surface area contributed by atoms with Crippen molar-refractivity contribution in [2.75, 3.05) is 56.7 Å². The Morgan fingerprint density at radius 2 is 1.94 bits per heavy atom. The minimum atomic E-state index is -0.303. The summed E-state index contributed by atoms with van der Waals surface area (Å²) >= 11 is 6.40. The van der Waals surface area contributed by atoms with E-state index in [1.807, 2.05) is 19.1 Å². The summed E-state index contributed by atoms with van der Waals surface area (Å²) in [5.41, 5.74) is 1.45. The number of hydrogen-bond donors (Lipinski definition) is 1. The number of carbonyl (C=O) groups is 1. The van der Waals surface area contributed by atoms with Gasteiger partial charge in [0, 0.05) is 31.7 Å². The molecule has 0 spiro atoms. The lowest BCUT2D eigenvalue weighted by molar-refractivity contribution is 0.102. The van der Waals surface area contributed by atoms with Crippen molar-refractivity contribution in [3.05, 3.63) is 41.0 Å². The fraction of sp³-hybridized carbons (Fsp3) is 0.478. The van der Waals surface area contributed by atoms with E-state index in [1.54, 1.807) is 18.3 Å². The van der Waals surface area contributed by atoms with Crippen molar-refractivity contribution in [1.29, 1.82) is 0 Å². The molecule has 2 aromatic rings. The fourth-order valence-electron chi connectivity index (χ4n) is 3.32. The van der Waals surface area contributed by atoms with E-state index in [2.05, 4.69) is 34.1 Å². The van der Waals surface area contributed by atoms with Gasteiger partial charge in [-0.2, -0.15) is 0 Å². The Balaban J connectivity index is 1.69. The molecule has 0 saturated carbocycles. The molecule has 1 aromatic heterocycles. The topological polar surface area (TPSA) is 66.9 Å². The second kappa shape index (κ2) is 11.2. The smallest absolute Gasteiger partial charge is 0.257 e. The third-order valence-corrected chi connectivity index (χ3v) is 5.45. The molecule has 1 fully saturated rings. The second-order valence-corrected chi connectivity index (χ2v) is 7.97. The molecule has 0 bridgehead atoms. The highest BCUT2D eigenvalue weighted by atomic mass is 35.5. The monoisotopic (exact) mass is 446 g/mol. The molecule has 0 radical (unpaired) electrons. The van der Waals surface area contributed by atoms with Gasteiger partial charge in [-0.3, -0.25) is 4.79 Å². The van der Waals surface area contributed by atoms with E-state index in [-0.39, 0.29) is 5.91 Å². The molecule has 31 heavy (non-hydrogen) atoms. The molecular weight excluding hydrogens is 416 g/mol. The average Bonchev–Trinajstić information content (AvgIpc) is 2.77. The number of nitrogens with one attached hydrogen (secondary N) is 1. The third kappa shape index (κ3) is 6.24. The molecule has 168 valence electrons. The molecule has 1 N–H and O–H groups in total. The van der Waals surface area contributed by atoms with Crippen LogP contribution >= 0.6 is 11.6 Å². The summed E-state index contributed by atoms with van der Waals surface area (Å²) < 4.78 is 11.4. The Bertz CT molecular complexity index is 868. The first-order valence-electron chi connectivity index (χ1n) is 10.8. The summed E-state index contributed by atoms with van der Waals surface area (Å²) in [4.78, 5) is 21.8. The summed E-state index contributed by atoms with van der Waals surface area (Å²) in [5.74, 6) is 1.13. The van der Waals surface area contributed by atoms with Gasteiger partial charge in [-0.15, -0.1) is 0 Å². The van der Waals surface area contributed by atoms with E-state index >= 15 is 0 Å². The molecule has 8 heteroatoms. The molecular formula is C23H31ClN4O3. The third-order valence-electron chi connectivity index (χ3n) is 5.17. The van der Waals surface area contributed by atoms with Gasteiger partial charge in [-0.05, 0) is 44.7 Å². The number of amides is 1. The summed E-state index contributed by atoms with van der Waals surface area (Å²) in [6.45, 7) is 8.95. The zero-order chi connectivity index (χ0) is 22.2. The van der Waals surface area contributed by atoms with Crippen LogP contribution in [0.4, 0.5) is 11.5 Å². The number of unbranched alkanes of at least 4 members (excludes halogenated alkanes) is 1. The van der Waals surface area contributed by atoms with Gasteiger partial charge in [0.25, 0.3) is 5.91 Å². The molecule has 1 amide bonds. The number of likely N-dealkylation sites (N-methyl/N-ethyl adjacent to an activating group) is 1. The van der Waals surface area contributed by atoms with Crippen molar-refractivity contribution in [2.24, 2.45) is 0 Å². The van der Waals surface area contributed by atoms with E-state index in [9.17, 15) is 4.79 Å². The second-order valence-electron chi connectivity index (χ2n) is 7.57. The first kappa shape index (κ1) is 23.2. The van der Waals surface area contributed by atoms with Crippen molar-refractivity contribution in [1.82, 2.24) is 9.88 Å². The Kier molecular flexibility index (Phi) is 8.37. The number of carbonyl (C=O) groups excluding carboxylic acids is 1.